The molecule has 2 unspecified atom stereocenters. The third-order valence-electron chi connectivity index (χ3n) is 8.79. The van der Waals surface area contributed by atoms with E-state index in [9.17, 15) is 0 Å². The number of nitrogens with zero attached hydrogens (tertiary/aromatic N) is 2. The van der Waals surface area contributed by atoms with E-state index in [1.54, 1.807) is 0 Å². The van der Waals surface area contributed by atoms with Gasteiger partial charge in [0.2, 0.25) is 0 Å². The van der Waals surface area contributed by atoms with Gasteiger partial charge in [0.25, 0.3) is 0 Å². The number of fused-ring (bicyclic) bond motifs is 2. The monoisotopic (exact) mass is 512 g/mol. The molecule has 0 spiro atoms. The van der Waals surface area contributed by atoms with Crippen molar-refractivity contribution in [3.8, 4) is 10.6 Å². The Morgan fingerprint density at radius 1 is 0.811 bits per heavy atom. The average molecular weight is 513 g/mol. The maximum Gasteiger partial charge on any atom is 0.123 e. The fourth-order valence-corrected chi connectivity index (χ4v) is 7.70. The van der Waals surface area contributed by atoms with Gasteiger partial charge in [0.1, 0.15) is 11.6 Å². The molecule has 1 saturated carbocycles. The number of imidazole rings is 2. The number of aromatic nitrogens is 4. The quantitative estimate of drug-likeness (QED) is 0.312. The fraction of sp³-hybridized carbons (Fsp3) is 0.467. The van der Waals surface area contributed by atoms with Gasteiger partial charge >= 0.3 is 0 Å². The minimum Gasteiger partial charge on any atom is -0.341 e. The maximum atomic E-state index is 4.76. The minimum absolute atomic E-state index is 0.345. The molecular weight excluding hydrogens is 476 g/mol. The number of H-pyrrole nitrogens is 2. The average Bonchev–Trinajstić information content (AvgIpc) is 3.73. The molecule has 3 aromatic heterocycles. The minimum atomic E-state index is 0.345. The number of thiophene rings is 1. The first-order chi connectivity index (χ1) is 18.2. The van der Waals surface area contributed by atoms with Gasteiger partial charge in [-0.3, -0.25) is 0 Å². The van der Waals surface area contributed by atoms with E-state index in [1.807, 2.05) is 23.7 Å². The first kappa shape index (κ1) is 23.4. The molecule has 37 heavy (non-hydrogen) atoms. The highest BCUT2D eigenvalue weighted by molar-refractivity contribution is 7.16. The molecule has 6 nitrogen and oxygen atoms in total. The van der Waals surface area contributed by atoms with Crippen molar-refractivity contribution in [2.75, 3.05) is 13.1 Å². The molecule has 7 rings (SSSR count). The maximum absolute atomic E-state index is 4.76. The molecule has 4 aliphatic rings. The first-order valence-electron chi connectivity index (χ1n) is 14.0. The summed E-state index contributed by atoms with van der Waals surface area (Å²) in [7, 11) is 0. The van der Waals surface area contributed by atoms with Crippen molar-refractivity contribution in [1.29, 1.82) is 0 Å². The van der Waals surface area contributed by atoms with Crippen LogP contribution in [0.3, 0.4) is 0 Å². The topological polar surface area (TPSA) is 81.4 Å². The van der Waals surface area contributed by atoms with Gasteiger partial charge in [0.15, 0.2) is 0 Å². The summed E-state index contributed by atoms with van der Waals surface area (Å²) in [6.07, 6.45) is 18.3. The Bertz CT molecular complexity index is 1340. The van der Waals surface area contributed by atoms with Crippen molar-refractivity contribution in [2.24, 2.45) is 11.8 Å². The van der Waals surface area contributed by atoms with Crippen LogP contribution in [-0.4, -0.2) is 33.0 Å². The number of hydrogen-bond donors (Lipinski definition) is 4. The fourth-order valence-electron chi connectivity index (χ4n) is 6.69. The smallest absolute Gasteiger partial charge is 0.123 e. The third kappa shape index (κ3) is 4.58. The Balaban J connectivity index is 1.19. The first-order valence-corrected chi connectivity index (χ1v) is 14.8. The number of allylic oxidation sites excluding steroid dienone is 5. The van der Waals surface area contributed by atoms with Crippen LogP contribution in [0.1, 0.15) is 85.7 Å². The van der Waals surface area contributed by atoms with Gasteiger partial charge in [-0.1, -0.05) is 18.7 Å². The van der Waals surface area contributed by atoms with Gasteiger partial charge in [-0.15, -0.1) is 11.3 Å². The molecule has 0 radical (unpaired) electrons. The van der Waals surface area contributed by atoms with E-state index >= 15 is 0 Å². The summed E-state index contributed by atoms with van der Waals surface area (Å²) in [4.78, 5) is 19.3. The molecule has 2 aliphatic carbocycles. The van der Waals surface area contributed by atoms with Gasteiger partial charge in [0.05, 0.1) is 40.7 Å². The molecule has 0 aromatic carbocycles. The lowest BCUT2D eigenvalue weighted by Crippen LogP contribution is -2.14. The second kappa shape index (κ2) is 9.86. The van der Waals surface area contributed by atoms with E-state index in [0.717, 1.165) is 61.3 Å². The molecule has 192 valence electrons. The zero-order chi connectivity index (χ0) is 24.8. The van der Waals surface area contributed by atoms with Crippen molar-refractivity contribution in [3.05, 3.63) is 71.1 Å². The molecule has 5 heterocycles. The summed E-state index contributed by atoms with van der Waals surface area (Å²) in [5.41, 5.74) is 6.16. The van der Waals surface area contributed by atoms with E-state index in [-0.39, 0.29) is 0 Å². The Hall–Kier alpha value is -2.74. The van der Waals surface area contributed by atoms with Crippen molar-refractivity contribution >= 4 is 22.5 Å². The molecule has 2 aliphatic heterocycles. The van der Waals surface area contributed by atoms with Gasteiger partial charge in [-0.2, -0.15) is 0 Å². The van der Waals surface area contributed by atoms with Crippen molar-refractivity contribution in [2.45, 2.75) is 63.5 Å². The van der Waals surface area contributed by atoms with Gasteiger partial charge < -0.3 is 20.6 Å². The largest absolute Gasteiger partial charge is 0.341 e. The van der Waals surface area contributed by atoms with Crippen LogP contribution in [0, 0.1) is 11.8 Å². The Labute approximate surface area is 222 Å². The van der Waals surface area contributed by atoms with E-state index in [1.165, 1.54) is 58.6 Å². The van der Waals surface area contributed by atoms with Crippen LogP contribution in [-0.2, 0) is 0 Å². The third-order valence-corrected chi connectivity index (χ3v) is 9.98. The number of nitrogens with one attached hydrogen (secondary N) is 4. The lowest BCUT2D eigenvalue weighted by molar-refractivity contribution is 0.543. The Kier molecular flexibility index (Phi) is 6.23. The molecule has 0 amide bonds. The Morgan fingerprint density at radius 2 is 1.51 bits per heavy atom. The van der Waals surface area contributed by atoms with Crippen LogP contribution in [0.5, 0.6) is 0 Å². The predicted octanol–water partition coefficient (Wildman–Crippen LogP) is 6.55. The van der Waals surface area contributed by atoms with E-state index in [0.29, 0.717) is 18.0 Å². The van der Waals surface area contributed by atoms with E-state index in [2.05, 4.69) is 51.5 Å². The zero-order valence-corrected chi connectivity index (χ0v) is 22.2. The van der Waals surface area contributed by atoms with Crippen LogP contribution in [0.15, 0.2) is 48.8 Å². The van der Waals surface area contributed by atoms with Crippen LogP contribution in [0.4, 0.5) is 0 Å². The number of rotatable bonds is 5. The standard InChI is InChI=1S/C30H36N6S/c1-18-20-7-6-19(14-20)15-21(8-9-22(18)25-16-33-29(35-25)23-4-2-12-31-23)27-10-11-28(37-27)26-17-34-30(36-26)24-5-3-13-32-24/h8-11,16-17,19-20,23-24,31-32H,1-7,12-15H2,(H,33,35)(H,34,36)/b21-8+,22-9+/t19?,20?,23-,24-/m0/s1. The van der Waals surface area contributed by atoms with E-state index in [4.69, 9.17) is 9.97 Å². The summed E-state index contributed by atoms with van der Waals surface area (Å²) in [6.45, 7) is 6.76. The number of aromatic amines is 2. The molecule has 4 N–H and O–H groups in total. The zero-order valence-electron chi connectivity index (χ0n) is 21.4. The van der Waals surface area contributed by atoms with Crippen LogP contribution >= 0.6 is 11.3 Å². The second-order valence-corrected chi connectivity index (χ2v) is 12.3. The summed E-state index contributed by atoms with van der Waals surface area (Å²) in [5.74, 6) is 3.41. The normalized spacial score (nSPS) is 31.0. The molecule has 3 aromatic rings. The molecule has 7 heteroatoms. The molecule has 2 saturated heterocycles. The Morgan fingerprint density at radius 3 is 2.24 bits per heavy atom. The molecule has 4 atom stereocenters. The molecular formula is C30H36N6S. The van der Waals surface area contributed by atoms with Crippen molar-refractivity contribution in [1.82, 2.24) is 30.6 Å². The summed E-state index contributed by atoms with van der Waals surface area (Å²) in [5, 5.41) is 7.11. The summed E-state index contributed by atoms with van der Waals surface area (Å²) in [6, 6.07) is 5.26. The molecule has 2 bridgehead atoms. The van der Waals surface area contributed by atoms with Crippen LogP contribution < -0.4 is 10.6 Å². The van der Waals surface area contributed by atoms with E-state index < -0.39 is 0 Å². The summed E-state index contributed by atoms with van der Waals surface area (Å²) < 4.78 is 0. The lowest BCUT2D eigenvalue weighted by Gasteiger charge is -2.16. The van der Waals surface area contributed by atoms with Gasteiger partial charge in [-0.25, -0.2) is 9.97 Å². The van der Waals surface area contributed by atoms with Crippen molar-refractivity contribution < 1.29 is 0 Å². The molecule has 3 fully saturated rings. The predicted molar refractivity (Wildman–Crippen MR) is 151 cm³/mol. The second-order valence-electron chi connectivity index (χ2n) is 11.2. The lowest BCUT2D eigenvalue weighted by atomic mass is 9.90. The van der Waals surface area contributed by atoms with Crippen molar-refractivity contribution in [3.63, 3.8) is 0 Å². The van der Waals surface area contributed by atoms with Crippen LogP contribution in [0.2, 0.25) is 0 Å². The highest BCUT2D eigenvalue weighted by Gasteiger charge is 2.31. The SMILES string of the molecule is C=C1/C(c2cnc([C@@H]3CCCN3)[nH]2)=C\C=C(\c2ccc(-c3cnc([C@@H]4CCCN4)[nH]3)s2)CC2CCC1C2. The summed E-state index contributed by atoms with van der Waals surface area (Å²) >= 11 is 1.88. The number of hydrogen-bond acceptors (Lipinski definition) is 5. The van der Waals surface area contributed by atoms with Gasteiger partial charge in [0, 0.05) is 10.5 Å². The highest BCUT2D eigenvalue weighted by atomic mass is 32.1. The van der Waals surface area contributed by atoms with Crippen LogP contribution in [0.25, 0.3) is 21.7 Å². The highest BCUT2D eigenvalue weighted by Crippen LogP contribution is 2.46. The van der Waals surface area contributed by atoms with Gasteiger partial charge in [-0.05, 0) is 99.6 Å².